The lowest BCUT2D eigenvalue weighted by molar-refractivity contribution is -0.141. The number of amides is 2. The highest BCUT2D eigenvalue weighted by Crippen LogP contribution is 2.32. The third kappa shape index (κ3) is 8.78. The fraction of sp³-hybridized carbons (Fsp3) is 0.630. The molecule has 4 heterocycles. The molecule has 1 saturated heterocycles. The van der Waals surface area contributed by atoms with Crippen LogP contribution in [0.25, 0.3) is 11.4 Å². The fourth-order valence-electron chi connectivity index (χ4n) is 4.63. The Morgan fingerprint density at radius 2 is 1.86 bits per heavy atom. The Morgan fingerprint density at radius 3 is 2.47 bits per heavy atom. The molecule has 1 unspecified atom stereocenters. The third-order valence-electron chi connectivity index (χ3n) is 6.47. The molecule has 43 heavy (non-hydrogen) atoms. The monoisotopic (exact) mass is 609 g/mol. The van der Waals surface area contributed by atoms with Crippen LogP contribution >= 0.6 is 0 Å². The number of alkyl carbamates (subject to hydrolysis) is 1. The van der Waals surface area contributed by atoms with Gasteiger partial charge in [0.15, 0.2) is 11.9 Å². The van der Waals surface area contributed by atoms with Gasteiger partial charge in [-0.15, -0.1) is 5.10 Å². The van der Waals surface area contributed by atoms with Crippen LogP contribution < -0.4 is 10.6 Å². The van der Waals surface area contributed by atoms with Crippen molar-refractivity contribution in [1.29, 1.82) is 0 Å². The van der Waals surface area contributed by atoms with Gasteiger partial charge in [-0.3, -0.25) is 14.2 Å². The molecule has 1 aliphatic rings. The average Bonchev–Trinajstić information content (AvgIpc) is 3.62. The topological polar surface area (TPSA) is 143 Å². The number of rotatable bonds is 9. The fourth-order valence-corrected chi connectivity index (χ4v) is 4.63. The molecule has 236 valence electrons. The van der Waals surface area contributed by atoms with Crippen LogP contribution in [0.4, 0.5) is 18.0 Å². The number of carbonyl (C=O) groups excluding carboxylic acids is 2. The number of alkyl halides is 3. The summed E-state index contributed by atoms with van der Waals surface area (Å²) in [6, 6.07) is -0.153. The summed E-state index contributed by atoms with van der Waals surface area (Å²) in [6.45, 7) is 8.78. The number of hydrogen-bond donors (Lipinski definition) is 2. The van der Waals surface area contributed by atoms with Crippen LogP contribution in [-0.4, -0.2) is 70.3 Å². The summed E-state index contributed by atoms with van der Waals surface area (Å²) in [6.07, 6.45) is 1.40. The normalized spacial score (nSPS) is 17.0. The van der Waals surface area contributed by atoms with Gasteiger partial charge in [0.05, 0.1) is 30.2 Å². The minimum atomic E-state index is -4.71. The second-order valence-electron chi connectivity index (χ2n) is 12.2. The van der Waals surface area contributed by atoms with E-state index in [-0.39, 0.29) is 24.4 Å². The van der Waals surface area contributed by atoms with E-state index in [0.717, 1.165) is 23.6 Å². The van der Waals surface area contributed by atoms with Gasteiger partial charge >= 0.3 is 12.3 Å². The predicted octanol–water partition coefficient (Wildman–Crippen LogP) is 3.62. The molecule has 2 atom stereocenters. The molecule has 0 aliphatic carbocycles. The number of aryl methyl sites for hydroxylation is 1. The van der Waals surface area contributed by atoms with Crippen LogP contribution in [0, 0.1) is 0 Å². The summed E-state index contributed by atoms with van der Waals surface area (Å²) in [7, 11) is 1.72. The Hall–Kier alpha value is -3.95. The largest absolute Gasteiger partial charge is 0.444 e. The summed E-state index contributed by atoms with van der Waals surface area (Å²) in [5.74, 6) is -0.565. The number of ether oxygens (including phenoxy) is 2. The summed E-state index contributed by atoms with van der Waals surface area (Å²) in [4.78, 5) is 27.4. The lowest BCUT2D eigenvalue weighted by Gasteiger charge is -2.30. The van der Waals surface area contributed by atoms with Crippen LogP contribution in [-0.2, 0) is 40.5 Å². The van der Waals surface area contributed by atoms with Crippen LogP contribution in [0.1, 0.15) is 71.4 Å². The Labute approximate surface area is 247 Å². The molecule has 1 aliphatic heterocycles. The van der Waals surface area contributed by atoms with E-state index in [4.69, 9.17) is 9.47 Å². The third-order valence-corrected chi connectivity index (χ3v) is 6.47. The van der Waals surface area contributed by atoms with E-state index in [9.17, 15) is 22.8 Å². The number of halogens is 3. The molecule has 0 aromatic carbocycles. The van der Waals surface area contributed by atoms with E-state index >= 15 is 0 Å². The lowest BCUT2D eigenvalue weighted by atomic mass is 10.0. The van der Waals surface area contributed by atoms with Crippen LogP contribution in [0.2, 0.25) is 0 Å². The molecule has 2 amide bonds. The van der Waals surface area contributed by atoms with Crippen molar-refractivity contribution in [3.8, 4) is 11.4 Å². The van der Waals surface area contributed by atoms with Gasteiger partial charge in [-0.25, -0.2) is 4.79 Å². The first kappa shape index (κ1) is 32.0. The Kier molecular flexibility index (Phi) is 9.18. The zero-order valence-electron chi connectivity index (χ0n) is 25.1. The van der Waals surface area contributed by atoms with E-state index in [2.05, 4.69) is 31.0 Å². The molecule has 3 aromatic rings. The van der Waals surface area contributed by atoms with E-state index in [1.807, 2.05) is 0 Å². The van der Waals surface area contributed by atoms with Crippen molar-refractivity contribution >= 4 is 12.0 Å². The smallest absolute Gasteiger partial charge is 0.435 e. The zero-order chi connectivity index (χ0) is 31.6. The second-order valence-corrected chi connectivity index (χ2v) is 12.2. The quantitative estimate of drug-likeness (QED) is 0.375. The molecule has 4 rings (SSSR count). The maximum atomic E-state index is 13.7. The number of hydrogen-bond acceptors (Lipinski definition) is 8. The predicted molar refractivity (Wildman–Crippen MR) is 147 cm³/mol. The van der Waals surface area contributed by atoms with Crippen molar-refractivity contribution in [2.24, 2.45) is 7.05 Å². The summed E-state index contributed by atoms with van der Waals surface area (Å²) in [5, 5.41) is 22.0. The van der Waals surface area contributed by atoms with Crippen molar-refractivity contribution in [3.63, 3.8) is 0 Å². The van der Waals surface area contributed by atoms with E-state index in [0.29, 0.717) is 18.6 Å². The first-order valence-corrected chi connectivity index (χ1v) is 14.0. The van der Waals surface area contributed by atoms with E-state index < -0.39 is 47.3 Å². The van der Waals surface area contributed by atoms with Crippen molar-refractivity contribution in [3.05, 3.63) is 35.9 Å². The molecule has 0 spiro atoms. The van der Waals surface area contributed by atoms with Crippen molar-refractivity contribution in [2.45, 2.75) is 96.4 Å². The van der Waals surface area contributed by atoms with Crippen molar-refractivity contribution in [2.75, 3.05) is 6.61 Å². The minimum Gasteiger partial charge on any atom is -0.444 e. The first-order valence-electron chi connectivity index (χ1n) is 14.0. The second kappa shape index (κ2) is 12.3. The molecule has 1 fully saturated rings. The molecular formula is C27H38F3N9O4. The zero-order valence-corrected chi connectivity index (χ0v) is 25.1. The van der Waals surface area contributed by atoms with Gasteiger partial charge in [0, 0.05) is 26.3 Å². The summed E-state index contributed by atoms with van der Waals surface area (Å²) in [5.41, 5.74) is -2.07. The lowest BCUT2D eigenvalue weighted by Crippen LogP contribution is -2.55. The Morgan fingerprint density at radius 1 is 1.12 bits per heavy atom. The number of carbonyl (C=O) groups is 2. The summed E-state index contributed by atoms with van der Waals surface area (Å²) < 4.78 is 54.9. The first-order chi connectivity index (χ1) is 20.0. The minimum absolute atomic E-state index is 0.0792. The summed E-state index contributed by atoms with van der Waals surface area (Å²) >= 11 is 0. The molecule has 13 nitrogen and oxygen atoms in total. The molecule has 16 heteroatoms. The molecular weight excluding hydrogens is 571 g/mol. The van der Waals surface area contributed by atoms with Crippen LogP contribution in [0.3, 0.4) is 0 Å². The number of nitrogens with zero attached hydrogens (tertiary/aromatic N) is 7. The van der Waals surface area contributed by atoms with Gasteiger partial charge in [-0.05, 0) is 65.5 Å². The molecule has 0 saturated carbocycles. The number of nitrogens with one attached hydrogen (secondary N) is 2. The maximum Gasteiger partial charge on any atom is 0.435 e. The molecule has 0 radical (unpaired) electrons. The standard InChI is InChI=1S/C27H38F3N9O4/c1-25(2,3)43-24(41)33-18(11-17-13-31-37(6)15-17)23(40)34-26(4,5)16-38-20(12-21(36-38)27(28,29)30)19-14-32-39(35-19)22-9-7-8-10-42-22/h12-15,18,22H,7-11,16H2,1-6H3,(H,33,41)(H,34,40)/t18-,22?/m1/s1. The highest BCUT2D eigenvalue weighted by atomic mass is 19.4. The van der Waals surface area contributed by atoms with E-state index in [1.54, 1.807) is 58.7 Å². The SMILES string of the molecule is Cn1cc(C[C@@H](NC(=O)OC(C)(C)C)C(=O)NC(C)(C)Cn2nc(C(F)(F)F)cc2-c2cnn(C3CCCCO3)n2)cn1. The maximum absolute atomic E-state index is 13.7. The van der Waals surface area contributed by atoms with Crippen LogP contribution in [0.5, 0.6) is 0 Å². The van der Waals surface area contributed by atoms with Gasteiger partial charge < -0.3 is 20.1 Å². The highest BCUT2D eigenvalue weighted by Gasteiger charge is 2.37. The van der Waals surface area contributed by atoms with Gasteiger partial charge in [0.1, 0.15) is 17.3 Å². The highest BCUT2D eigenvalue weighted by molar-refractivity contribution is 5.86. The van der Waals surface area contributed by atoms with Gasteiger partial charge in [0.25, 0.3) is 0 Å². The van der Waals surface area contributed by atoms with Gasteiger partial charge in [0.2, 0.25) is 5.91 Å². The molecule has 2 N–H and O–H groups in total. The molecule has 0 bridgehead atoms. The van der Waals surface area contributed by atoms with Gasteiger partial charge in [-0.2, -0.15) is 33.3 Å². The van der Waals surface area contributed by atoms with E-state index in [1.165, 1.54) is 11.0 Å². The number of aromatic nitrogens is 7. The van der Waals surface area contributed by atoms with Crippen LogP contribution in [0.15, 0.2) is 24.7 Å². The molecule has 3 aromatic heterocycles. The van der Waals surface area contributed by atoms with Crippen molar-refractivity contribution < 1.29 is 32.2 Å². The van der Waals surface area contributed by atoms with Crippen molar-refractivity contribution in [1.82, 2.24) is 45.2 Å². The van der Waals surface area contributed by atoms with Gasteiger partial charge in [-0.1, -0.05) is 0 Å². The average molecular weight is 610 g/mol. The Bertz CT molecular complexity index is 1420. The Balaban J connectivity index is 1.56.